The number of hydrogen-bond acceptors (Lipinski definition) is 1. The van der Waals surface area contributed by atoms with Crippen molar-refractivity contribution in [2.45, 2.75) is 39.0 Å². The summed E-state index contributed by atoms with van der Waals surface area (Å²) in [5, 5.41) is 8.03. The van der Waals surface area contributed by atoms with E-state index in [4.69, 9.17) is 5.73 Å². The minimum Gasteiger partial charge on any atom is -0.398 e. The van der Waals surface area contributed by atoms with Gasteiger partial charge in [-0.15, -0.1) is 0 Å². The number of nitrogens with two attached hydrogens (primary N) is 1. The molecule has 0 saturated carbocycles. The molecule has 0 radical (unpaired) electrons. The lowest BCUT2D eigenvalue weighted by Crippen LogP contribution is -1.98. The van der Waals surface area contributed by atoms with Crippen LogP contribution in [0.15, 0.2) is 48.5 Å². The van der Waals surface area contributed by atoms with Crippen LogP contribution in [-0.4, -0.2) is 0 Å². The van der Waals surface area contributed by atoms with Crippen LogP contribution in [0, 0.1) is 0 Å². The maximum atomic E-state index is 6.41. The van der Waals surface area contributed by atoms with Gasteiger partial charge in [-0.25, -0.2) is 0 Å². The second-order valence-electron chi connectivity index (χ2n) is 6.61. The minimum atomic E-state index is 0.951. The molecule has 0 amide bonds. The molecular weight excluding hydrogens is 278 g/mol. The highest BCUT2D eigenvalue weighted by Gasteiger charge is 2.13. The molecule has 0 saturated heterocycles. The van der Waals surface area contributed by atoms with Crippen molar-refractivity contribution in [3.05, 3.63) is 54.1 Å². The number of rotatable bonds is 5. The third-order valence-corrected chi connectivity index (χ3v) is 5.07. The molecule has 0 aliphatic carbocycles. The number of unbranched alkanes of at least 4 members (excludes halogenated alkanes) is 3. The summed E-state index contributed by atoms with van der Waals surface area (Å²) in [7, 11) is 0. The second kappa shape index (κ2) is 5.73. The number of aryl methyl sites for hydroxylation is 1. The third kappa shape index (κ3) is 2.31. The molecule has 1 nitrogen and oxygen atoms in total. The van der Waals surface area contributed by atoms with Gasteiger partial charge in [-0.2, -0.15) is 0 Å². The molecule has 4 aromatic carbocycles. The fraction of sp³-hybridized carbons (Fsp3) is 0.273. The van der Waals surface area contributed by atoms with Gasteiger partial charge in [0.2, 0.25) is 0 Å². The van der Waals surface area contributed by atoms with E-state index < -0.39 is 0 Å². The van der Waals surface area contributed by atoms with Crippen molar-refractivity contribution < 1.29 is 0 Å². The summed E-state index contributed by atoms with van der Waals surface area (Å²) >= 11 is 0. The topological polar surface area (TPSA) is 26.0 Å². The van der Waals surface area contributed by atoms with Crippen molar-refractivity contribution >= 4 is 38.0 Å². The van der Waals surface area contributed by atoms with E-state index in [1.54, 1.807) is 0 Å². The molecule has 0 spiro atoms. The first kappa shape index (κ1) is 14.3. The van der Waals surface area contributed by atoms with Crippen LogP contribution in [0.3, 0.4) is 0 Å². The van der Waals surface area contributed by atoms with Gasteiger partial charge in [0.1, 0.15) is 0 Å². The summed E-state index contributed by atoms with van der Waals surface area (Å²) in [6.45, 7) is 2.25. The van der Waals surface area contributed by atoms with Gasteiger partial charge in [0.25, 0.3) is 0 Å². The molecular formula is C22H23N. The van der Waals surface area contributed by atoms with Crippen molar-refractivity contribution in [1.82, 2.24) is 0 Å². The van der Waals surface area contributed by atoms with E-state index in [-0.39, 0.29) is 0 Å². The normalized spacial score (nSPS) is 11.9. The first-order valence-electron chi connectivity index (χ1n) is 8.74. The molecule has 4 rings (SSSR count). The Kier molecular flexibility index (Phi) is 3.57. The molecule has 4 aromatic rings. The van der Waals surface area contributed by atoms with Gasteiger partial charge >= 0.3 is 0 Å². The third-order valence-electron chi connectivity index (χ3n) is 5.07. The number of nitrogen functional groups attached to an aromatic ring is 1. The highest BCUT2D eigenvalue weighted by molar-refractivity contribution is 6.24. The van der Waals surface area contributed by atoms with Crippen molar-refractivity contribution in [3.63, 3.8) is 0 Å². The first-order valence-corrected chi connectivity index (χ1v) is 8.74. The van der Waals surface area contributed by atoms with Crippen molar-refractivity contribution in [1.29, 1.82) is 0 Å². The molecule has 0 atom stereocenters. The quantitative estimate of drug-likeness (QED) is 0.262. The van der Waals surface area contributed by atoms with Crippen LogP contribution in [0.25, 0.3) is 32.3 Å². The molecule has 0 fully saturated rings. The van der Waals surface area contributed by atoms with Crippen molar-refractivity contribution in [3.8, 4) is 0 Å². The molecule has 0 bridgehead atoms. The Morgan fingerprint density at radius 2 is 1.52 bits per heavy atom. The van der Waals surface area contributed by atoms with Crippen molar-refractivity contribution in [2.75, 3.05) is 5.73 Å². The second-order valence-corrected chi connectivity index (χ2v) is 6.61. The fourth-order valence-electron chi connectivity index (χ4n) is 3.90. The van der Waals surface area contributed by atoms with Gasteiger partial charge in [0.05, 0.1) is 0 Å². The predicted octanol–water partition coefficient (Wildman–Crippen LogP) is 6.29. The number of hydrogen-bond donors (Lipinski definition) is 1. The summed E-state index contributed by atoms with van der Waals surface area (Å²) in [6.07, 6.45) is 6.18. The molecule has 1 heteroatoms. The Labute approximate surface area is 137 Å². The van der Waals surface area contributed by atoms with Gasteiger partial charge in [0.15, 0.2) is 0 Å². The Morgan fingerprint density at radius 1 is 0.783 bits per heavy atom. The van der Waals surface area contributed by atoms with Crippen LogP contribution in [-0.2, 0) is 6.42 Å². The van der Waals surface area contributed by atoms with Gasteiger partial charge in [-0.3, -0.25) is 0 Å². The number of anilines is 1. The van der Waals surface area contributed by atoms with Gasteiger partial charge in [-0.05, 0) is 56.8 Å². The zero-order chi connectivity index (χ0) is 15.8. The van der Waals surface area contributed by atoms with Crippen LogP contribution in [0.5, 0.6) is 0 Å². The molecule has 0 heterocycles. The van der Waals surface area contributed by atoms with Gasteiger partial charge in [0, 0.05) is 5.69 Å². The van der Waals surface area contributed by atoms with Gasteiger partial charge in [-0.1, -0.05) is 68.7 Å². The Balaban J connectivity index is 1.94. The van der Waals surface area contributed by atoms with E-state index >= 15 is 0 Å². The van der Waals surface area contributed by atoms with Crippen LogP contribution in [0.2, 0.25) is 0 Å². The van der Waals surface area contributed by atoms with E-state index in [1.165, 1.54) is 63.6 Å². The predicted molar refractivity (Wildman–Crippen MR) is 102 cm³/mol. The lowest BCUT2D eigenvalue weighted by molar-refractivity contribution is 0.669. The summed E-state index contributed by atoms with van der Waals surface area (Å²) in [5.41, 5.74) is 8.70. The van der Waals surface area contributed by atoms with Crippen LogP contribution in [0.1, 0.15) is 38.2 Å². The van der Waals surface area contributed by atoms with E-state index in [9.17, 15) is 0 Å². The van der Waals surface area contributed by atoms with E-state index in [1.807, 2.05) is 0 Å². The van der Waals surface area contributed by atoms with E-state index in [2.05, 4.69) is 55.5 Å². The van der Waals surface area contributed by atoms with Gasteiger partial charge < -0.3 is 5.73 Å². The molecule has 2 N–H and O–H groups in total. The molecule has 0 aromatic heterocycles. The van der Waals surface area contributed by atoms with Crippen LogP contribution < -0.4 is 5.73 Å². The highest BCUT2D eigenvalue weighted by atomic mass is 14.6. The molecule has 0 unspecified atom stereocenters. The van der Waals surface area contributed by atoms with Crippen molar-refractivity contribution in [2.24, 2.45) is 0 Å². The largest absolute Gasteiger partial charge is 0.398 e. The lowest BCUT2D eigenvalue weighted by Gasteiger charge is -2.16. The zero-order valence-corrected chi connectivity index (χ0v) is 13.7. The average molecular weight is 301 g/mol. The smallest absolute Gasteiger partial charge is 0.0359 e. The van der Waals surface area contributed by atoms with Crippen LogP contribution in [0.4, 0.5) is 5.69 Å². The molecule has 0 aliphatic heterocycles. The minimum absolute atomic E-state index is 0.951. The standard InChI is InChI=1S/C22H23N/c1-2-3-4-5-9-18-19-13-12-16-8-6-7-15-10-11-17(14-20(18)23)22(19)21(15)16/h6-8,10-14H,2-5,9,23H2,1H3. The fourth-order valence-corrected chi connectivity index (χ4v) is 3.90. The maximum absolute atomic E-state index is 6.41. The highest BCUT2D eigenvalue weighted by Crippen LogP contribution is 2.38. The SMILES string of the molecule is CCCCCCc1c(N)cc2ccc3cccc4ccc1c2c34. The molecule has 116 valence electrons. The zero-order valence-electron chi connectivity index (χ0n) is 13.7. The van der Waals surface area contributed by atoms with E-state index in [0.29, 0.717) is 0 Å². The monoisotopic (exact) mass is 301 g/mol. The summed E-state index contributed by atoms with van der Waals surface area (Å²) in [5.74, 6) is 0. The Bertz CT molecular complexity index is 952. The van der Waals surface area contributed by atoms with E-state index in [0.717, 1.165) is 12.1 Å². The Hall–Kier alpha value is -2.28. The maximum Gasteiger partial charge on any atom is 0.0359 e. The summed E-state index contributed by atoms with van der Waals surface area (Å²) in [6, 6.07) is 17.7. The number of benzene rings is 4. The van der Waals surface area contributed by atoms with Crippen LogP contribution >= 0.6 is 0 Å². The lowest BCUT2D eigenvalue weighted by atomic mass is 9.89. The first-order chi connectivity index (χ1) is 11.3. The summed E-state index contributed by atoms with van der Waals surface area (Å²) < 4.78 is 0. The average Bonchev–Trinajstić information content (AvgIpc) is 2.58. The Morgan fingerprint density at radius 3 is 2.30 bits per heavy atom. The summed E-state index contributed by atoms with van der Waals surface area (Å²) in [4.78, 5) is 0. The molecule has 23 heavy (non-hydrogen) atoms. The molecule has 0 aliphatic rings.